The highest BCUT2D eigenvalue weighted by molar-refractivity contribution is 7.11. The quantitative estimate of drug-likeness (QED) is 0.748. The van der Waals surface area contributed by atoms with E-state index < -0.39 is 5.60 Å². The van der Waals surface area contributed by atoms with Gasteiger partial charge in [0.2, 0.25) is 0 Å². The first kappa shape index (κ1) is 19.1. The fourth-order valence-electron chi connectivity index (χ4n) is 3.53. The summed E-state index contributed by atoms with van der Waals surface area (Å²) in [6.07, 6.45) is 3.28. The lowest BCUT2D eigenvalue weighted by Gasteiger charge is -2.38. The number of aryl methyl sites for hydroxylation is 2. The molecule has 140 valence electrons. The Kier molecular flexibility index (Phi) is 6.46. The van der Waals surface area contributed by atoms with Crippen LogP contribution in [0, 0.1) is 6.92 Å². The molecule has 5 heteroatoms. The smallest absolute Gasteiger partial charge is 0.255 e. The van der Waals surface area contributed by atoms with Crippen molar-refractivity contribution in [2.75, 3.05) is 19.6 Å². The van der Waals surface area contributed by atoms with Gasteiger partial charge in [-0.05, 0) is 50.3 Å². The molecule has 0 spiro atoms. The van der Waals surface area contributed by atoms with Crippen LogP contribution in [-0.2, 0) is 17.8 Å². The van der Waals surface area contributed by atoms with Crippen molar-refractivity contribution in [3.8, 4) is 0 Å². The minimum atomic E-state index is -1.27. The molecule has 2 heterocycles. The monoisotopic (exact) mass is 372 g/mol. The highest BCUT2D eigenvalue weighted by Crippen LogP contribution is 2.23. The molecule has 4 nitrogen and oxygen atoms in total. The van der Waals surface area contributed by atoms with Crippen molar-refractivity contribution in [1.82, 2.24) is 10.2 Å². The number of nitrogens with zero attached hydrogens (tertiary/aromatic N) is 1. The fraction of sp³-hybridized carbons (Fsp3) is 0.476. The third-order valence-electron chi connectivity index (χ3n) is 4.95. The third-order valence-corrected chi connectivity index (χ3v) is 5.95. The number of benzene rings is 1. The molecule has 1 atom stereocenters. The Labute approximate surface area is 159 Å². The van der Waals surface area contributed by atoms with E-state index in [1.165, 1.54) is 15.3 Å². The first-order valence-electron chi connectivity index (χ1n) is 9.38. The number of aliphatic hydroxyl groups is 1. The van der Waals surface area contributed by atoms with Crippen molar-refractivity contribution in [2.24, 2.45) is 0 Å². The van der Waals surface area contributed by atoms with Gasteiger partial charge in [0.05, 0.1) is 0 Å². The molecular formula is C21H28N2O2S. The van der Waals surface area contributed by atoms with Crippen LogP contribution < -0.4 is 5.32 Å². The number of carbonyl (C=O) groups excluding carboxylic acids is 1. The predicted molar refractivity (Wildman–Crippen MR) is 106 cm³/mol. The Bertz CT molecular complexity index is 716. The molecule has 0 bridgehead atoms. The SMILES string of the molecule is Cc1ccc(CNC[C@]2(O)CCCN(CCCc3ccccc3)C2=O)s1. The highest BCUT2D eigenvalue weighted by atomic mass is 32.1. The van der Waals surface area contributed by atoms with Crippen LogP contribution in [0.4, 0.5) is 0 Å². The van der Waals surface area contributed by atoms with E-state index in [1.807, 2.05) is 23.1 Å². The maximum Gasteiger partial charge on any atom is 0.255 e. The summed E-state index contributed by atoms with van der Waals surface area (Å²) in [5, 5.41) is 14.1. The summed E-state index contributed by atoms with van der Waals surface area (Å²) < 4.78 is 0. The Hall–Kier alpha value is -1.69. The first-order valence-corrected chi connectivity index (χ1v) is 10.2. The summed E-state index contributed by atoms with van der Waals surface area (Å²) in [5.41, 5.74) is 0.0252. The second-order valence-electron chi connectivity index (χ2n) is 7.13. The molecule has 1 fully saturated rings. The van der Waals surface area contributed by atoms with Crippen LogP contribution in [-0.4, -0.2) is 41.1 Å². The highest BCUT2D eigenvalue weighted by Gasteiger charge is 2.41. The molecule has 2 aromatic rings. The van der Waals surface area contributed by atoms with E-state index in [4.69, 9.17) is 0 Å². The molecule has 1 aromatic heterocycles. The van der Waals surface area contributed by atoms with E-state index in [0.717, 1.165) is 25.8 Å². The summed E-state index contributed by atoms with van der Waals surface area (Å²) in [5.74, 6) is -0.119. The van der Waals surface area contributed by atoms with Crippen LogP contribution >= 0.6 is 11.3 Å². The molecule has 1 amide bonds. The van der Waals surface area contributed by atoms with Crippen molar-refractivity contribution < 1.29 is 9.90 Å². The van der Waals surface area contributed by atoms with E-state index in [1.54, 1.807) is 11.3 Å². The molecule has 0 unspecified atom stereocenters. The molecule has 1 saturated heterocycles. The minimum Gasteiger partial charge on any atom is -0.379 e. The topological polar surface area (TPSA) is 52.6 Å². The lowest BCUT2D eigenvalue weighted by Crippen LogP contribution is -2.58. The van der Waals surface area contributed by atoms with Crippen LogP contribution in [0.25, 0.3) is 0 Å². The molecule has 0 radical (unpaired) electrons. The number of thiophene rings is 1. The molecular weight excluding hydrogens is 344 g/mol. The molecule has 1 aliphatic rings. The van der Waals surface area contributed by atoms with E-state index in [2.05, 4.69) is 36.5 Å². The lowest BCUT2D eigenvalue weighted by molar-refractivity contribution is -0.156. The molecule has 26 heavy (non-hydrogen) atoms. The average Bonchev–Trinajstić information content (AvgIpc) is 3.05. The summed E-state index contributed by atoms with van der Waals surface area (Å²) in [6.45, 7) is 4.56. The van der Waals surface area contributed by atoms with Crippen molar-refractivity contribution in [3.05, 3.63) is 57.8 Å². The van der Waals surface area contributed by atoms with Gasteiger partial charge < -0.3 is 15.3 Å². The summed E-state index contributed by atoms with van der Waals surface area (Å²) in [7, 11) is 0. The second kappa shape index (κ2) is 8.80. The van der Waals surface area contributed by atoms with Crippen LogP contribution in [0.3, 0.4) is 0 Å². The maximum atomic E-state index is 12.8. The average molecular weight is 373 g/mol. The zero-order chi connectivity index (χ0) is 18.4. The number of carbonyl (C=O) groups is 1. The number of nitrogens with one attached hydrogen (secondary N) is 1. The fourth-order valence-corrected chi connectivity index (χ4v) is 4.39. The van der Waals surface area contributed by atoms with Crippen LogP contribution in [0.5, 0.6) is 0 Å². The third kappa shape index (κ3) is 4.93. The van der Waals surface area contributed by atoms with Gasteiger partial charge in [0.1, 0.15) is 0 Å². The van der Waals surface area contributed by atoms with Gasteiger partial charge in [-0.2, -0.15) is 0 Å². The lowest BCUT2D eigenvalue weighted by atomic mass is 9.91. The van der Waals surface area contributed by atoms with Gasteiger partial charge in [-0.25, -0.2) is 0 Å². The van der Waals surface area contributed by atoms with Gasteiger partial charge >= 0.3 is 0 Å². The minimum absolute atomic E-state index is 0.119. The molecule has 0 saturated carbocycles. The normalized spacial score (nSPS) is 20.5. The molecule has 2 N–H and O–H groups in total. The van der Waals surface area contributed by atoms with Crippen LogP contribution in [0.15, 0.2) is 42.5 Å². The standard InChI is InChI=1S/C21H28N2O2S/c1-17-10-11-19(26-17)15-22-16-21(25)12-6-14-23(20(21)24)13-5-9-18-7-3-2-4-8-18/h2-4,7-8,10-11,22,25H,5-6,9,12-16H2,1H3/t21-/m1/s1. The van der Waals surface area contributed by atoms with Crippen molar-refractivity contribution in [3.63, 3.8) is 0 Å². The largest absolute Gasteiger partial charge is 0.379 e. The van der Waals surface area contributed by atoms with E-state index >= 15 is 0 Å². The van der Waals surface area contributed by atoms with Crippen molar-refractivity contribution in [1.29, 1.82) is 0 Å². The number of hydrogen-bond acceptors (Lipinski definition) is 4. The van der Waals surface area contributed by atoms with Gasteiger partial charge in [-0.3, -0.25) is 4.79 Å². The molecule has 1 aliphatic heterocycles. The number of likely N-dealkylation sites (tertiary alicyclic amines) is 1. The number of piperidine rings is 1. The van der Waals surface area contributed by atoms with Gasteiger partial charge in [0.15, 0.2) is 5.60 Å². The van der Waals surface area contributed by atoms with Crippen LogP contribution in [0.1, 0.15) is 34.6 Å². The van der Waals surface area contributed by atoms with Crippen LogP contribution in [0.2, 0.25) is 0 Å². The zero-order valence-electron chi connectivity index (χ0n) is 15.4. The number of amides is 1. The van der Waals surface area contributed by atoms with Gasteiger partial charge in [0.25, 0.3) is 5.91 Å². The van der Waals surface area contributed by atoms with Crippen molar-refractivity contribution in [2.45, 2.75) is 44.8 Å². The number of hydrogen-bond donors (Lipinski definition) is 2. The molecule has 1 aromatic carbocycles. The zero-order valence-corrected chi connectivity index (χ0v) is 16.2. The summed E-state index contributed by atoms with van der Waals surface area (Å²) in [4.78, 5) is 17.1. The predicted octanol–water partition coefficient (Wildman–Crippen LogP) is 3.13. The Morgan fingerprint density at radius 1 is 1.23 bits per heavy atom. The number of rotatable bonds is 8. The Morgan fingerprint density at radius 3 is 2.77 bits per heavy atom. The Morgan fingerprint density at radius 2 is 2.04 bits per heavy atom. The van der Waals surface area contributed by atoms with Gasteiger partial charge in [-0.1, -0.05) is 30.3 Å². The van der Waals surface area contributed by atoms with Crippen molar-refractivity contribution >= 4 is 17.2 Å². The van der Waals surface area contributed by atoms with Gasteiger partial charge in [-0.15, -0.1) is 11.3 Å². The molecule has 3 rings (SSSR count). The van der Waals surface area contributed by atoms with E-state index in [0.29, 0.717) is 26.1 Å². The Balaban J connectivity index is 1.47. The summed E-state index contributed by atoms with van der Waals surface area (Å²) >= 11 is 1.74. The maximum absolute atomic E-state index is 12.8. The first-order chi connectivity index (χ1) is 12.6. The van der Waals surface area contributed by atoms with Gasteiger partial charge in [0, 0.05) is 35.9 Å². The van der Waals surface area contributed by atoms with E-state index in [9.17, 15) is 9.90 Å². The molecule has 0 aliphatic carbocycles. The van der Waals surface area contributed by atoms with E-state index in [-0.39, 0.29) is 5.91 Å². The second-order valence-corrected chi connectivity index (χ2v) is 8.50. The summed E-state index contributed by atoms with van der Waals surface area (Å²) in [6, 6.07) is 14.5.